The Bertz CT molecular complexity index is 2070. The molecule has 1 aliphatic rings. The summed E-state index contributed by atoms with van der Waals surface area (Å²) in [7, 11) is 0. The smallest absolute Gasteiger partial charge is 0.272 e. The molecular weight excluding hydrogens is 580 g/mol. The van der Waals surface area contributed by atoms with Crippen molar-refractivity contribution in [3.05, 3.63) is 119 Å². The van der Waals surface area contributed by atoms with E-state index in [9.17, 15) is 14.4 Å². The summed E-state index contributed by atoms with van der Waals surface area (Å²) in [5.41, 5.74) is 4.39. The molecule has 12 heteroatoms. The van der Waals surface area contributed by atoms with Gasteiger partial charge < -0.3 is 0 Å². The Morgan fingerprint density at radius 2 is 1.70 bits per heavy atom. The summed E-state index contributed by atoms with van der Waals surface area (Å²) < 4.78 is 3.19. The number of hydrogen-bond acceptors (Lipinski definition) is 7. The third-order valence-electron chi connectivity index (χ3n) is 7.93. The molecule has 1 aliphatic heterocycles. The van der Waals surface area contributed by atoms with Crippen molar-refractivity contribution in [3.8, 4) is 11.1 Å². The number of benzene rings is 3. The molecule has 4 heterocycles. The number of nitrogens with zero attached hydrogens (tertiary/aromatic N) is 7. The molecule has 0 bridgehead atoms. The van der Waals surface area contributed by atoms with E-state index in [-0.39, 0.29) is 30.5 Å². The second-order valence-electron chi connectivity index (χ2n) is 10.5. The van der Waals surface area contributed by atoms with E-state index >= 15 is 0 Å². The van der Waals surface area contributed by atoms with Crippen molar-refractivity contribution in [1.29, 1.82) is 0 Å². The molecule has 3 aromatic carbocycles. The van der Waals surface area contributed by atoms with Crippen molar-refractivity contribution in [3.63, 3.8) is 0 Å². The lowest BCUT2D eigenvalue weighted by molar-refractivity contribution is 0.0645. The van der Waals surface area contributed by atoms with Gasteiger partial charge in [0.15, 0.2) is 5.65 Å². The van der Waals surface area contributed by atoms with Gasteiger partial charge in [-0.2, -0.15) is 10.2 Å². The first-order chi connectivity index (χ1) is 21.3. The average Bonchev–Trinajstić information content (AvgIpc) is 3.74. The van der Waals surface area contributed by atoms with Gasteiger partial charge in [0.05, 0.1) is 34.9 Å². The number of carbonyl (C=O) groups excluding carboxylic acids is 3. The summed E-state index contributed by atoms with van der Waals surface area (Å²) in [4.78, 5) is 44.9. The van der Waals surface area contributed by atoms with Crippen molar-refractivity contribution < 1.29 is 14.4 Å². The SMILES string of the molecule is CC(c1cc(Cl)c2cn(CCN3C(=O)c4ccccc4C3=O)nc2c1-c1ccccc1)N(N)C(=O)c1cnn2cccnc12. The van der Waals surface area contributed by atoms with Crippen LogP contribution in [-0.2, 0) is 6.54 Å². The van der Waals surface area contributed by atoms with Gasteiger partial charge >= 0.3 is 0 Å². The molecule has 0 spiro atoms. The van der Waals surface area contributed by atoms with E-state index in [0.717, 1.165) is 16.1 Å². The number of amides is 3. The van der Waals surface area contributed by atoms with E-state index < -0.39 is 11.9 Å². The lowest BCUT2D eigenvalue weighted by atomic mass is 9.93. The molecule has 1 unspecified atom stereocenters. The second kappa shape index (κ2) is 10.7. The predicted octanol–water partition coefficient (Wildman–Crippen LogP) is 4.77. The molecule has 11 nitrogen and oxygen atoms in total. The standard InChI is InChI=1S/C32H25ClN8O3/c1-19(41(34)32(44)24-17-36-40-13-7-12-35-29(24)40)23-16-26(33)25-18-38(37-28(25)27(23)20-8-3-2-4-9-20)14-15-39-30(42)21-10-5-6-11-22(21)31(39)43/h2-13,16-19H,14-15,34H2,1H3. The van der Waals surface area contributed by atoms with Crippen LogP contribution in [-0.4, -0.2) is 58.6 Å². The van der Waals surface area contributed by atoms with Crippen molar-refractivity contribution >= 4 is 45.9 Å². The zero-order valence-electron chi connectivity index (χ0n) is 23.5. The van der Waals surface area contributed by atoms with Crippen LogP contribution in [0.1, 0.15) is 49.6 Å². The fourth-order valence-corrected chi connectivity index (χ4v) is 5.90. The number of imide groups is 1. The lowest BCUT2D eigenvalue weighted by Gasteiger charge is -2.26. The minimum Gasteiger partial charge on any atom is -0.272 e. The largest absolute Gasteiger partial charge is 0.273 e. The second-order valence-corrected chi connectivity index (χ2v) is 10.9. The zero-order chi connectivity index (χ0) is 30.5. The Morgan fingerprint density at radius 1 is 1.00 bits per heavy atom. The number of hydrazine groups is 1. The van der Waals surface area contributed by atoms with Crippen molar-refractivity contribution in [2.24, 2.45) is 5.84 Å². The Kier molecular flexibility index (Phi) is 6.68. The molecule has 6 aromatic rings. The number of aromatic nitrogens is 5. The van der Waals surface area contributed by atoms with Crippen LogP contribution in [0.25, 0.3) is 27.7 Å². The Labute approximate surface area is 256 Å². The van der Waals surface area contributed by atoms with Gasteiger partial charge in [-0.3, -0.25) is 29.0 Å². The number of rotatable bonds is 7. The Hall–Kier alpha value is -5.39. The summed E-state index contributed by atoms with van der Waals surface area (Å²) in [6.07, 6.45) is 6.54. The number of carbonyl (C=O) groups is 3. The minimum atomic E-state index is -0.623. The fraction of sp³-hybridized carbons (Fsp3) is 0.125. The van der Waals surface area contributed by atoms with Crippen LogP contribution >= 0.6 is 11.6 Å². The maximum absolute atomic E-state index is 13.6. The fourth-order valence-electron chi connectivity index (χ4n) is 5.64. The summed E-state index contributed by atoms with van der Waals surface area (Å²) in [5.74, 6) is 5.38. The molecular formula is C32H25ClN8O3. The summed E-state index contributed by atoms with van der Waals surface area (Å²) in [6.45, 7) is 2.22. The van der Waals surface area contributed by atoms with Gasteiger partial charge in [0, 0.05) is 36.1 Å². The maximum atomic E-state index is 13.6. The van der Waals surface area contributed by atoms with Crippen molar-refractivity contribution in [2.75, 3.05) is 6.54 Å². The number of hydrogen-bond donors (Lipinski definition) is 1. The molecule has 2 N–H and O–H groups in total. The predicted molar refractivity (Wildman–Crippen MR) is 164 cm³/mol. The molecule has 218 valence electrons. The van der Waals surface area contributed by atoms with Gasteiger partial charge in [-0.05, 0) is 42.3 Å². The topological polar surface area (TPSA) is 132 Å². The molecule has 0 fully saturated rings. The molecule has 3 amide bonds. The molecule has 0 aliphatic carbocycles. The van der Waals surface area contributed by atoms with Crippen LogP contribution in [0.2, 0.25) is 5.02 Å². The average molecular weight is 605 g/mol. The lowest BCUT2D eigenvalue weighted by Crippen LogP contribution is -2.39. The third-order valence-corrected chi connectivity index (χ3v) is 8.24. The first-order valence-electron chi connectivity index (χ1n) is 13.9. The summed E-state index contributed by atoms with van der Waals surface area (Å²) >= 11 is 6.84. The highest BCUT2D eigenvalue weighted by Crippen LogP contribution is 2.40. The monoisotopic (exact) mass is 604 g/mol. The molecule has 1 atom stereocenters. The number of fused-ring (bicyclic) bond motifs is 3. The van der Waals surface area contributed by atoms with Crippen LogP contribution < -0.4 is 5.84 Å². The van der Waals surface area contributed by atoms with Crippen molar-refractivity contribution in [2.45, 2.75) is 19.5 Å². The van der Waals surface area contributed by atoms with E-state index in [4.69, 9.17) is 22.5 Å². The van der Waals surface area contributed by atoms with Crippen LogP contribution in [0.3, 0.4) is 0 Å². The molecule has 44 heavy (non-hydrogen) atoms. The Balaban J connectivity index is 1.25. The molecule has 3 aromatic heterocycles. The van der Waals surface area contributed by atoms with Crippen molar-refractivity contribution in [1.82, 2.24) is 34.3 Å². The van der Waals surface area contributed by atoms with Gasteiger partial charge in [-0.15, -0.1) is 0 Å². The van der Waals surface area contributed by atoms with Gasteiger partial charge in [0.25, 0.3) is 17.7 Å². The van der Waals surface area contributed by atoms with Crippen LogP contribution in [0.15, 0.2) is 91.5 Å². The van der Waals surface area contributed by atoms with Crippen LogP contribution in [0, 0.1) is 0 Å². The highest BCUT2D eigenvalue weighted by molar-refractivity contribution is 6.36. The van der Waals surface area contributed by atoms with E-state index in [1.54, 1.807) is 59.7 Å². The van der Waals surface area contributed by atoms with Gasteiger partial charge in [-0.1, -0.05) is 54.1 Å². The van der Waals surface area contributed by atoms with E-state index in [2.05, 4.69) is 10.1 Å². The Morgan fingerprint density at radius 3 is 2.43 bits per heavy atom. The normalized spacial score (nSPS) is 13.6. The molecule has 0 radical (unpaired) electrons. The van der Waals surface area contributed by atoms with E-state index in [1.807, 2.05) is 37.3 Å². The zero-order valence-corrected chi connectivity index (χ0v) is 24.2. The highest BCUT2D eigenvalue weighted by atomic mass is 35.5. The van der Waals surface area contributed by atoms with Gasteiger partial charge in [-0.25, -0.2) is 15.3 Å². The maximum Gasteiger partial charge on any atom is 0.273 e. The third kappa shape index (κ3) is 4.41. The molecule has 7 rings (SSSR count). The number of nitrogens with two attached hydrogens (primary N) is 1. The van der Waals surface area contributed by atoms with E-state index in [1.165, 1.54) is 15.6 Å². The van der Waals surface area contributed by atoms with Gasteiger partial charge in [0.1, 0.15) is 11.1 Å². The van der Waals surface area contributed by atoms with Crippen LogP contribution in [0.5, 0.6) is 0 Å². The summed E-state index contributed by atoms with van der Waals surface area (Å²) in [5, 5.41) is 11.3. The van der Waals surface area contributed by atoms with Gasteiger partial charge in [0.2, 0.25) is 0 Å². The molecule has 0 saturated carbocycles. The summed E-state index contributed by atoms with van der Waals surface area (Å²) in [6, 6.07) is 19.3. The number of halogens is 1. The highest BCUT2D eigenvalue weighted by Gasteiger charge is 2.35. The molecule has 0 saturated heterocycles. The minimum absolute atomic E-state index is 0.140. The van der Waals surface area contributed by atoms with Crippen LogP contribution in [0.4, 0.5) is 0 Å². The first-order valence-corrected chi connectivity index (χ1v) is 14.3. The van der Waals surface area contributed by atoms with E-state index in [0.29, 0.717) is 38.3 Å². The quantitative estimate of drug-likeness (QED) is 0.120. The first kappa shape index (κ1) is 27.4.